The van der Waals surface area contributed by atoms with Crippen LogP contribution in [0.15, 0.2) is 199 Å². The number of benzene rings is 9. The lowest BCUT2D eigenvalue weighted by Gasteiger charge is -2.21. The summed E-state index contributed by atoms with van der Waals surface area (Å²) in [6.45, 7) is 4.70. The average Bonchev–Trinajstić information content (AvgIpc) is 3.50. The molecular formula is C55H40N2. The highest BCUT2D eigenvalue weighted by atomic mass is 14.7. The first-order valence-electron chi connectivity index (χ1n) is 19.6. The molecule has 0 atom stereocenters. The fraction of sp³-hybridized carbons (Fsp3) is 0.0545. The van der Waals surface area contributed by atoms with Crippen LogP contribution in [-0.2, 0) is 5.41 Å². The normalized spacial score (nSPS) is 13.3. The number of fused-ring (bicyclic) bond motifs is 7. The smallest absolute Gasteiger partial charge is 0.0723 e. The van der Waals surface area contributed by atoms with Crippen molar-refractivity contribution >= 4 is 49.9 Å². The van der Waals surface area contributed by atoms with Crippen LogP contribution in [0.2, 0.25) is 0 Å². The van der Waals surface area contributed by atoms with Crippen LogP contribution in [0.5, 0.6) is 0 Å². The molecule has 0 saturated carbocycles. The molecule has 57 heavy (non-hydrogen) atoms. The summed E-state index contributed by atoms with van der Waals surface area (Å²) in [4.78, 5) is 5.11. The second-order valence-corrected chi connectivity index (χ2v) is 15.6. The molecule has 0 fully saturated rings. The Morgan fingerprint density at radius 3 is 1.98 bits per heavy atom. The summed E-state index contributed by atoms with van der Waals surface area (Å²) in [5, 5.41) is 16.2. The van der Waals surface area contributed by atoms with E-state index < -0.39 is 0 Å². The van der Waals surface area contributed by atoms with Crippen LogP contribution in [0.1, 0.15) is 41.7 Å². The van der Waals surface area contributed by atoms with Crippen molar-refractivity contribution in [3.63, 3.8) is 0 Å². The molecule has 0 bridgehead atoms. The van der Waals surface area contributed by atoms with Crippen molar-refractivity contribution in [2.75, 3.05) is 0 Å². The molecule has 10 rings (SSSR count). The average molecular weight is 729 g/mol. The van der Waals surface area contributed by atoms with Gasteiger partial charge in [-0.1, -0.05) is 184 Å². The minimum atomic E-state index is -0.0608. The van der Waals surface area contributed by atoms with Crippen molar-refractivity contribution < 1.29 is 0 Å². The Morgan fingerprint density at radius 2 is 1.14 bits per heavy atom. The summed E-state index contributed by atoms with van der Waals surface area (Å²) in [7, 11) is 0. The van der Waals surface area contributed by atoms with Gasteiger partial charge in [0.15, 0.2) is 0 Å². The summed E-state index contributed by atoms with van der Waals surface area (Å²) < 4.78 is 0. The standard InChI is InChI=1S/C55H40N2/c1-55(2)50-29-27-41(33-49(50)54-47-21-9-8-14-37(47)26-30-51(54)55)40-18-12-19-42(31-40)46-28-25-44(45-20-10-11-22-48(45)46)35-57-53(34-52(56)38-15-4-3-5-16-38)43-24-23-36-13-6-7-17-39(36)32-43/h3-35,56H,1-2H3/b53-34-,56-52?,57-35?. The Hall–Kier alpha value is -7.16. The van der Waals surface area contributed by atoms with Gasteiger partial charge in [0.25, 0.3) is 0 Å². The number of rotatable bonds is 7. The van der Waals surface area contributed by atoms with Crippen LogP contribution in [-0.4, -0.2) is 11.9 Å². The van der Waals surface area contributed by atoms with Crippen molar-refractivity contribution in [3.8, 4) is 33.4 Å². The number of nitrogens with zero attached hydrogens (tertiary/aromatic N) is 1. The van der Waals surface area contributed by atoms with E-state index in [0.717, 1.165) is 33.2 Å². The zero-order chi connectivity index (χ0) is 38.5. The van der Waals surface area contributed by atoms with Gasteiger partial charge in [-0.15, -0.1) is 0 Å². The maximum absolute atomic E-state index is 8.96. The second-order valence-electron chi connectivity index (χ2n) is 15.6. The summed E-state index contributed by atoms with van der Waals surface area (Å²) in [5.74, 6) is 0. The van der Waals surface area contributed by atoms with Gasteiger partial charge < -0.3 is 5.41 Å². The molecule has 0 unspecified atom stereocenters. The van der Waals surface area contributed by atoms with E-state index in [1.54, 1.807) is 0 Å². The molecule has 0 aliphatic heterocycles. The lowest BCUT2D eigenvalue weighted by molar-refractivity contribution is 0.661. The summed E-state index contributed by atoms with van der Waals surface area (Å²) in [5.41, 5.74) is 14.2. The summed E-state index contributed by atoms with van der Waals surface area (Å²) in [6, 6.07) is 66.9. The number of allylic oxidation sites excluding steroid dienone is 1. The maximum atomic E-state index is 8.96. The van der Waals surface area contributed by atoms with Crippen LogP contribution < -0.4 is 0 Å². The Balaban J connectivity index is 1.03. The molecule has 0 radical (unpaired) electrons. The number of nitrogens with one attached hydrogen (secondary N) is 1. The first-order valence-corrected chi connectivity index (χ1v) is 19.6. The van der Waals surface area contributed by atoms with Gasteiger partial charge in [-0.3, -0.25) is 4.99 Å². The van der Waals surface area contributed by atoms with Gasteiger partial charge in [0.1, 0.15) is 0 Å². The van der Waals surface area contributed by atoms with Crippen LogP contribution in [0.25, 0.3) is 71.4 Å². The zero-order valence-electron chi connectivity index (χ0n) is 32.0. The van der Waals surface area contributed by atoms with Gasteiger partial charge in [0.05, 0.1) is 11.4 Å². The van der Waals surface area contributed by atoms with Gasteiger partial charge in [-0.2, -0.15) is 0 Å². The van der Waals surface area contributed by atoms with Crippen LogP contribution in [0.4, 0.5) is 0 Å². The fourth-order valence-electron chi connectivity index (χ4n) is 8.78. The van der Waals surface area contributed by atoms with Gasteiger partial charge in [-0.05, 0) is 107 Å². The minimum absolute atomic E-state index is 0.0608. The fourth-order valence-corrected chi connectivity index (χ4v) is 8.78. The minimum Gasteiger partial charge on any atom is -0.300 e. The zero-order valence-corrected chi connectivity index (χ0v) is 32.0. The SMILES string of the molecule is CC1(C)c2ccc(-c3cccc(-c4ccc(C=N/C(=C\C(=N)c5ccccc5)c5ccc6ccccc6c5)c5ccccc45)c3)cc2-c2c1ccc1ccccc21. The van der Waals surface area contributed by atoms with Crippen molar-refractivity contribution in [1.82, 2.24) is 0 Å². The highest BCUT2D eigenvalue weighted by Crippen LogP contribution is 2.52. The number of aliphatic imine (C=N–C) groups is 1. The largest absolute Gasteiger partial charge is 0.300 e. The highest BCUT2D eigenvalue weighted by Gasteiger charge is 2.36. The Kier molecular flexibility index (Phi) is 8.34. The molecule has 0 amide bonds. The van der Waals surface area contributed by atoms with Crippen LogP contribution in [0, 0.1) is 5.41 Å². The molecule has 9 aromatic rings. The number of hydrogen-bond donors (Lipinski definition) is 1. The van der Waals surface area contributed by atoms with E-state index in [9.17, 15) is 0 Å². The van der Waals surface area contributed by atoms with Gasteiger partial charge in [0, 0.05) is 22.8 Å². The molecule has 2 heteroatoms. The predicted octanol–water partition coefficient (Wildman–Crippen LogP) is 14.3. The molecule has 0 heterocycles. The van der Waals surface area contributed by atoms with Crippen molar-refractivity contribution in [3.05, 3.63) is 222 Å². The second kappa shape index (κ2) is 13.8. The Labute approximate surface area is 333 Å². The van der Waals surface area contributed by atoms with E-state index in [2.05, 4.69) is 172 Å². The van der Waals surface area contributed by atoms with Crippen LogP contribution >= 0.6 is 0 Å². The molecule has 0 spiro atoms. The van der Waals surface area contributed by atoms with E-state index in [-0.39, 0.29) is 5.41 Å². The van der Waals surface area contributed by atoms with Crippen LogP contribution in [0.3, 0.4) is 0 Å². The predicted molar refractivity (Wildman–Crippen MR) is 243 cm³/mol. The third kappa shape index (κ3) is 6.07. The topological polar surface area (TPSA) is 36.2 Å². The molecule has 1 aliphatic rings. The van der Waals surface area contributed by atoms with E-state index in [1.807, 2.05) is 42.6 Å². The van der Waals surface area contributed by atoms with Crippen molar-refractivity contribution in [2.24, 2.45) is 4.99 Å². The number of hydrogen-bond acceptors (Lipinski definition) is 2. The lowest BCUT2D eigenvalue weighted by Crippen LogP contribution is -2.14. The first-order chi connectivity index (χ1) is 27.9. The molecule has 0 aromatic heterocycles. The molecule has 1 aliphatic carbocycles. The molecule has 2 nitrogen and oxygen atoms in total. The third-order valence-corrected chi connectivity index (χ3v) is 11.8. The Morgan fingerprint density at radius 1 is 0.474 bits per heavy atom. The molecular weight excluding hydrogens is 689 g/mol. The van der Waals surface area contributed by atoms with Gasteiger partial charge in [-0.25, -0.2) is 0 Å². The third-order valence-electron chi connectivity index (χ3n) is 11.8. The lowest BCUT2D eigenvalue weighted by atomic mass is 9.82. The molecule has 1 N–H and O–H groups in total. The molecule has 9 aromatic carbocycles. The van der Waals surface area contributed by atoms with Crippen molar-refractivity contribution in [1.29, 1.82) is 5.41 Å². The highest BCUT2D eigenvalue weighted by molar-refractivity contribution is 6.12. The summed E-state index contributed by atoms with van der Waals surface area (Å²) in [6.07, 6.45) is 3.83. The van der Waals surface area contributed by atoms with Crippen molar-refractivity contribution in [2.45, 2.75) is 19.3 Å². The van der Waals surface area contributed by atoms with E-state index in [1.165, 1.54) is 66.1 Å². The maximum Gasteiger partial charge on any atom is 0.0723 e. The molecule has 0 saturated heterocycles. The monoisotopic (exact) mass is 728 g/mol. The van der Waals surface area contributed by atoms with Gasteiger partial charge >= 0.3 is 0 Å². The van der Waals surface area contributed by atoms with E-state index >= 15 is 0 Å². The van der Waals surface area contributed by atoms with E-state index in [4.69, 9.17) is 10.4 Å². The van der Waals surface area contributed by atoms with E-state index in [0.29, 0.717) is 5.71 Å². The quantitative estimate of drug-likeness (QED) is 0.159. The Bertz CT molecular complexity index is 3110. The van der Waals surface area contributed by atoms with Gasteiger partial charge in [0.2, 0.25) is 0 Å². The molecule has 270 valence electrons. The first kappa shape index (κ1) is 34.3. The summed E-state index contributed by atoms with van der Waals surface area (Å²) >= 11 is 0.